The number of hydrogen-bond acceptors (Lipinski definition) is 12. The summed E-state index contributed by atoms with van der Waals surface area (Å²) in [5, 5.41) is 3.16. The molecule has 13 nitrogen and oxygen atoms in total. The second kappa shape index (κ2) is 13.9. The summed E-state index contributed by atoms with van der Waals surface area (Å²) in [5.74, 6) is 1.24. The van der Waals surface area contributed by atoms with Gasteiger partial charge in [-0.3, -0.25) is 4.79 Å². The van der Waals surface area contributed by atoms with Crippen LogP contribution in [0.1, 0.15) is 43.1 Å². The fraction of sp³-hybridized carbons (Fsp3) is 0.378. The molecule has 50 heavy (non-hydrogen) atoms. The molecule has 1 N–H and O–H groups in total. The van der Waals surface area contributed by atoms with Crippen LogP contribution in [0.25, 0.3) is 22.1 Å². The smallest absolute Gasteiger partial charge is 0.497 e. The lowest BCUT2D eigenvalue weighted by molar-refractivity contribution is -0.283. The molecule has 2 aliphatic rings. The predicted octanol–water partition coefficient (Wildman–Crippen LogP) is 6.26. The monoisotopic (exact) mass is 689 g/mol. The molecule has 4 aromatic rings. The molecule has 4 atom stereocenters. The van der Waals surface area contributed by atoms with E-state index in [1.807, 2.05) is 31.2 Å². The fourth-order valence-corrected chi connectivity index (χ4v) is 6.28. The van der Waals surface area contributed by atoms with Crippen LogP contribution in [0.4, 0.5) is 10.5 Å². The largest absolute Gasteiger partial charge is 0.509 e. The quantitative estimate of drug-likeness (QED) is 0.140. The molecule has 3 aromatic carbocycles. The van der Waals surface area contributed by atoms with Gasteiger partial charge in [-0.25, -0.2) is 9.59 Å². The third kappa shape index (κ3) is 6.53. The summed E-state index contributed by atoms with van der Waals surface area (Å²) >= 11 is 0. The van der Waals surface area contributed by atoms with E-state index in [4.69, 9.17) is 42.3 Å². The molecule has 0 saturated carbocycles. The van der Waals surface area contributed by atoms with E-state index in [-0.39, 0.29) is 22.6 Å². The lowest BCUT2D eigenvalue weighted by Crippen LogP contribution is -2.62. The van der Waals surface area contributed by atoms with Gasteiger partial charge in [0.15, 0.2) is 17.6 Å². The van der Waals surface area contributed by atoms with Crippen LogP contribution in [-0.2, 0) is 18.9 Å². The normalized spacial score (nSPS) is 20.7. The van der Waals surface area contributed by atoms with Crippen molar-refractivity contribution in [2.24, 2.45) is 0 Å². The van der Waals surface area contributed by atoms with Crippen molar-refractivity contribution in [1.82, 2.24) is 0 Å². The molecule has 2 fully saturated rings. The molecule has 264 valence electrons. The van der Waals surface area contributed by atoms with Gasteiger partial charge in [-0.1, -0.05) is 19.1 Å². The number of carbonyl (C=O) groups excluding carboxylic acids is 2. The van der Waals surface area contributed by atoms with Gasteiger partial charge in [-0.05, 0) is 75.2 Å². The van der Waals surface area contributed by atoms with Gasteiger partial charge < -0.3 is 47.6 Å². The number of anilines is 1. The average Bonchev–Trinajstić information content (AvgIpc) is 3.49. The Labute approximate surface area is 288 Å². The van der Waals surface area contributed by atoms with Gasteiger partial charge in [0.05, 0.1) is 26.4 Å². The maximum atomic E-state index is 13.5. The first-order valence-corrected chi connectivity index (χ1v) is 16.1. The van der Waals surface area contributed by atoms with Crippen LogP contribution in [0.15, 0.2) is 63.8 Å². The summed E-state index contributed by atoms with van der Waals surface area (Å²) in [5.41, 5.74) is 0.592. The highest BCUT2D eigenvalue weighted by Crippen LogP contribution is 2.43. The van der Waals surface area contributed by atoms with Crippen molar-refractivity contribution in [3.8, 4) is 34.1 Å². The highest BCUT2D eigenvalue weighted by atomic mass is 16.8. The summed E-state index contributed by atoms with van der Waals surface area (Å²) in [7, 11) is 4.62. The summed E-state index contributed by atoms with van der Waals surface area (Å²) in [4.78, 5) is 39.0. The Morgan fingerprint density at radius 3 is 2.44 bits per heavy atom. The van der Waals surface area contributed by atoms with Gasteiger partial charge in [-0.2, -0.15) is 0 Å². The van der Waals surface area contributed by atoms with E-state index in [0.29, 0.717) is 46.8 Å². The molecule has 3 heterocycles. The first-order valence-electron chi connectivity index (χ1n) is 16.1. The van der Waals surface area contributed by atoms with Crippen molar-refractivity contribution in [3.63, 3.8) is 0 Å². The minimum absolute atomic E-state index is 0.0726. The van der Waals surface area contributed by atoms with E-state index in [0.717, 1.165) is 5.56 Å². The van der Waals surface area contributed by atoms with Crippen LogP contribution >= 0.6 is 0 Å². The van der Waals surface area contributed by atoms with Crippen LogP contribution < -0.4 is 29.9 Å². The Hall–Kier alpha value is -5.27. The van der Waals surface area contributed by atoms with E-state index in [1.165, 1.54) is 13.2 Å². The van der Waals surface area contributed by atoms with Crippen molar-refractivity contribution >= 4 is 28.7 Å². The maximum absolute atomic E-state index is 13.5. The van der Waals surface area contributed by atoms with Gasteiger partial charge in [0, 0.05) is 29.2 Å². The summed E-state index contributed by atoms with van der Waals surface area (Å²) in [6.45, 7) is 7.60. The van der Waals surface area contributed by atoms with Crippen molar-refractivity contribution in [1.29, 1.82) is 0 Å². The molecule has 2 saturated heterocycles. The number of rotatable bonds is 11. The van der Waals surface area contributed by atoms with Crippen LogP contribution in [0.2, 0.25) is 0 Å². The lowest BCUT2D eigenvalue weighted by atomic mass is 9.89. The standard InChI is InChI=1S/C37H39NO12/c1-8-14-45-27-18-22-17-25(38-33(39)21-12-13-26(43-6)24(16-21)20-10-9-11-23(15-20)42-5)34(40)46-28(22)19(2)29(27)47-35-31-30(48-36(41)49-31)32(44-7)37(3,4)50-35/h9-13,15-18,30-32,35H,8,14H2,1-7H3,(H,38,39)/t30-,31+,32+,35+/m0/s1. The predicted molar refractivity (Wildman–Crippen MR) is 181 cm³/mol. The number of fused-ring (bicyclic) bond motifs is 2. The Balaban J connectivity index is 1.33. The Morgan fingerprint density at radius 2 is 1.72 bits per heavy atom. The Bertz CT molecular complexity index is 1990. The number of ether oxygens (including phenoxy) is 8. The lowest BCUT2D eigenvalue weighted by Gasteiger charge is -2.45. The first kappa shape index (κ1) is 34.6. The number of aryl methyl sites for hydroxylation is 1. The van der Waals surface area contributed by atoms with Crippen LogP contribution in [0.5, 0.6) is 23.0 Å². The van der Waals surface area contributed by atoms with E-state index in [2.05, 4.69) is 5.32 Å². The van der Waals surface area contributed by atoms with E-state index < -0.39 is 47.9 Å². The molecular weight excluding hydrogens is 650 g/mol. The third-order valence-electron chi connectivity index (χ3n) is 8.67. The topological polar surface area (TPSA) is 150 Å². The minimum Gasteiger partial charge on any atom is -0.497 e. The zero-order valence-corrected chi connectivity index (χ0v) is 28.8. The summed E-state index contributed by atoms with van der Waals surface area (Å²) in [6, 6.07) is 15.5. The van der Waals surface area contributed by atoms with Crippen molar-refractivity contribution in [2.75, 3.05) is 33.3 Å². The number of methoxy groups -OCH3 is 3. The molecule has 0 radical (unpaired) electrons. The highest BCUT2D eigenvalue weighted by molar-refractivity contribution is 6.06. The average molecular weight is 690 g/mol. The zero-order valence-electron chi connectivity index (χ0n) is 28.8. The number of amides is 1. The van der Waals surface area contributed by atoms with E-state index in [9.17, 15) is 14.4 Å². The van der Waals surface area contributed by atoms with Gasteiger partial charge in [0.25, 0.3) is 5.91 Å². The number of benzene rings is 3. The molecule has 0 aliphatic carbocycles. The molecule has 0 spiro atoms. The number of carbonyl (C=O) groups is 2. The minimum atomic E-state index is -1.11. The second-order valence-electron chi connectivity index (χ2n) is 12.4. The molecular formula is C37H39NO12. The molecule has 13 heteroatoms. The third-order valence-corrected chi connectivity index (χ3v) is 8.67. The van der Waals surface area contributed by atoms with Crippen LogP contribution in [-0.4, -0.2) is 70.2 Å². The Kier molecular flexibility index (Phi) is 9.63. The molecule has 0 unspecified atom stereocenters. The van der Waals surface area contributed by atoms with Crippen molar-refractivity contribution < 1.29 is 51.9 Å². The molecule has 0 bridgehead atoms. The molecule has 1 aromatic heterocycles. The van der Waals surface area contributed by atoms with Gasteiger partial charge in [-0.15, -0.1) is 0 Å². The van der Waals surface area contributed by atoms with E-state index >= 15 is 0 Å². The zero-order chi connectivity index (χ0) is 35.7. The summed E-state index contributed by atoms with van der Waals surface area (Å²) in [6.07, 6.45) is -3.62. The Morgan fingerprint density at radius 1 is 0.940 bits per heavy atom. The van der Waals surface area contributed by atoms with Gasteiger partial charge >= 0.3 is 11.8 Å². The maximum Gasteiger partial charge on any atom is 0.509 e. The van der Waals surface area contributed by atoms with Gasteiger partial charge in [0.1, 0.15) is 28.9 Å². The molecule has 6 rings (SSSR count). The molecule has 1 amide bonds. The van der Waals surface area contributed by atoms with Crippen LogP contribution in [0, 0.1) is 6.92 Å². The second-order valence-corrected chi connectivity index (χ2v) is 12.4. The molecule has 2 aliphatic heterocycles. The first-order chi connectivity index (χ1) is 24.0. The van der Waals surface area contributed by atoms with Crippen molar-refractivity contribution in [3.05, 3.63) is 76.1 Å². The van der Waals surface area contributed by atoms with Crippen LogP contribution in [0.3, 0.4) is 0 Å². The number of nitrogens with one attached hydrogen (secondary N) is 1. The number of hydrogen-bond donors (Lipinski definition) is 1. The van der Waals surface area contributed by atoms with Gasteiger partial charge in [0.2, 0.25) is 12.4 Å². The van der Waals surface area contributed by atoms with E-state index in [1.54, 1.807) is 59.3 Å². The summed E-state index contributed by atoms with van der Waals surface area (Å²) < 4.78 is 51.8. The highest BCUT2D eigenvalue weighted by Gasteiger charge is 2.59. The van der Waals surface area contributed by atoms with Crippen molar-refractivity contribution in [2.45, 2.75) is 64.3 Å². The SMILES string of the molecule is CCCOc1cc2cc(NC(=O)c3ccc(OC)c(-c4cccc(OC)c4)c3)c(=O)oc2c(C)c1O[C@@H]1OC(C)(C)[C@H](OC)[C@H]2OC(=O)O[C@@H]12. The fourth-order valence-electron chi connectivity index (χ4n) is 6.28.